The van der Waals surface area contributed by atoms with E-state index in [4.69, 9.17) is 15.7 Å². The summed E-state index contributed by atoms with van der Waals surface area (Å²) in [7, 11) is 12.5. The lowest BCUT2D eigenvalue weighted by Gasteiger charge is -2.16. The van der Waals surface area contributed by atoms with Gasteiger partial charge in [0.25, 0.3) is 0 Å². The Labute approximate surface area is 152 Å². The topological polar surface area (TPSA) is 12.9 Å². The minimum absolute atomic E-state index is 0.422. The molecule has 1 heterocycles. The second-order valence-corrected chi connectivity index (χ2v) is 7.42. The molecule has 0 aliphatic heterocycles. The van der Waals surface area contributed by atoms with Gasteiger partial charge in [-0.1, -0.05) is 53.7 Å². The zero-order valence-corrected chi connectivity index (χ0v) is 15.0. The molecule has 1 aliphatic rings. The van der Waals surface area contributed by atoms with Crippen molar-refractivity contribution in [2.45, 2.75) is 45.4 Å². The highest BCUT2D eigenvalue weighted by molar-refractivity contribution is 6.52. The Morgan fingerprint density at radius 1 is 0.880 bits per heavy atom. The monoisotopic (exact) mass is 321 g/mol. The van der Waals surface area contributed by atoms with Gasteiger partial charge < -0.3 is 0 Å². The molecule has 1 fully saturated rings. The second kappa shape index (κ2) is 6.37. The highest BCUT2D eigenvalue weighted by atomic mass is 14.7. The standard InChI is InChI=1S/C22H21B2N/c1-13-9-14(2)11-17(10-13)21-18-8-7-16(15-5-3-4-6-15)12-19(18)20(23)22(24)25-21/h7-12,15H,3-6H2,1-2H3. The van der Waals surface area contributed by atoms with Crippen molar-refractivity contribution in [3.05, 3.63) is 53.1 Å². The van der Waals surface area contributed by atoms with Crippen molar-refractivity contribution in [1.29, 1.82) is 0 Å². The number of aryl methyl sites for hydroxylation is 2. The molecule has 2 aromatic carbocycles. The van der Waals surface area contributed by atoms with Gasteiger partial charge in [0.1, 0.15) is 15.7 Å². The summed E-state index contributed by atoms with van der Waals surface area (Å²) >= 11 is 0. The number of nitrogens with zero attached hydrogens (tertiary/aromatic N) is 1. The number of pyridine rings is 1. The van der Waals surface area contributed by atoms with Gasteiger partial charge in [-0.3, -0.25) is 4.98 Å². The molecule has 0 spiro atoms. The van der Waals surface area contributed by atoms with E-state index in [-0.39, 0.29) is 0 Å². The lowest BCUT2D eigenvalue weighted by atomic mass is 9.79. The summed E-state index contributed by atoms with van der Waals surface area (Å²) in [6.45, 7) is 4.22. The second-order valence-electron chi connectivity index (χ2n) is 7.42. The molecule has 3 aromatic rings. The minimum Gasteiger partial charge on any atom is -0.264 e. The highest BCUT2D eigenvalue weighted by Crippen LogP contribution is 2.36. The van der Waals surface area contributed by atoms with Gasteiger partial charge in [0.05, 0.1) is 5.69 Å². The van der Waals surface area contributed by atoms with E-state index in [1.165, 1.54) is 42.4 Å². The van der Waals surface area contributed by atoms with Gasteiger partial charge >= 0.3 is 0 Å². The molecule has 0 unspecified atom stereocenters. The molecule has 1 nitrogen and oxygen atoms in total. The summed E-state index contributed by atoms with van der Waals surface area (Å²) in [4.78, 5) is 4.63. The fourth-order valence-corrected chi connectivity index (χ4v) is 4.21. The maximum atomic E-state index is 6.31. The summed E-state index contributed by atoms with van der Waals surface area (Å²) < 4.78 is 0. The van der Waals surface area contributed by atoms with E-state index in [0.717, 1.165) is 22.0 Å². The lowest BCUT2D eigenvalue weighted by molar-refractivity contribution is 0.724. The quantitative estimate of drug-likeness (QED) is 0.655. The molecule has 0 N–H and O–H groups in total. The van der Waals surface area contributed by atoms with Crippen molar-refractivity contribution in [3.63, 3.8) is 0 Å². The number of benzene rings is 2. The molecule has 3 heteroatoms. The van der Waals surface area contributed by atoms with Gasteiger partial charge in [-0.15, -0.1) is 0 Å². The Morgan fingerprint density at radius 3 is 2.24 bits per heavy atom. The van der Waals surface area contributed by atoms with Crippen LogP contribution in [0.1, 0.15) is 48.3 Å². The average molecular weight is 321 g/mol. The van der Waals surface area contributed by atoms with Crippen LogP contribution in [0.25, 0.3) is 22.0 Å². The zero-order chi connectivity index (χ0) is 17.6. The third kappa shape index (κ3) is 3.01. The molecule has 0 atom stereocenters. The average Bonchev–Trinajstić information content (AvgIpc) is 3.11. The van der Waals surface area contributed by atoms with Gasteiger partial charge in [-0.05, 0) is 61.3 Å². The van der Waals surface area contributed by atoms with Crippen LogP contribution in [0.3, 0.4) is 0 Å². The van der Waals surface area contributed by atoms with Crippen LogP contribution in [0.2, 0.25) is 0 Å². The molecule has 1 saturated carbocycles. The molecular weight excluding hydrogens is 300 g/mol. The number of aromatic nitrogens is 1. The van der Waals surface area contributed by atoms with Gasteiger partial charge in [-0.25, -0.2) is 0 Å². The maximum Gasteiger partial charge on any atom is 0.140 e. The van der Waals surface area contributed by atoms with E-state index >= 15 is 0 Å². The summed E-state index contributed by atoms with van der Waals surface area (Å²) in [5.74, 6) is 0.655. The van der Waals surface area contributed by atoms with E-state index in [1.807, 2.05) is 0 Å². The molecule has 1 aliphatic carbocycles. The van der Waals surface area contributed by atoms with Crippen molar-refractivity contribution in [2.75, 3.05) is 0 Å². The third-order valence-corrected chi connectivity index (χ3v) is 5.42. The van der Waals surface area contributed by atoms with E-state index < -0.39 is 0 Å². The first-order valence-electron chi connectivity index (χ1n) is 9.10. The van der Waals surface area contributed by atoms with E-state index in [1.54, 1.807) is 0 Å². The first-order valence-corrected chi connectivity index (χ1v) is 9.10. The number of hydrogen-bond donors (Lipinski definition) is 0. The SMILES string of the molecule is [B]c1nc(-c2cc(C)cc(C)c2)c2ccc(C3CCCC3)cc2c1[B]. The van der Waals surface area contributed by atoms with Crippen LogP contribution in [0.5, 0.6) is 0 Å². The Morgan fingerprint density at radius 2 is 1.56 bits per heavy atom. The van der Waals surface area contributed by atoms with Crippen LogP contribution >= 0.6 is 0 Å². The maximum absolute atomic E-state index is 6.31. The fraction of sp³-hybridized carbons (Fsp3) is 0.318. The van der Waals surface area contributed by atoms with Crippen LogP contribution in [-0.2, 0) is 0 Å². The molecule has 0 amide bonds. The van der Waals surface area contributed by atoms with Crippen LogP contribution in [-0.4, -0.2) is 20.7 Å². The minimum atomic E-state index is 0.422. The Bertz CT molecular complexity index is 936. The van der Waals surface area contributed by atoms with Gasteiger partial charge in [0.2, 0.25) is 0 Å². The van der Waals surface area contributed by atoms with Gasteiger partial charge in [0, 0.05) is 10.9 Å². The van der Waals surface area contributed by atoms with Crippen molar-refractivity contribution in [3.8, 4) is 11.3 Å². The largest absolute Gasteiger partial charge is 0.264 e. The molecule has 120 valence electrons. The van der Waals surface area contributed by atoms with Crippen LogP contribution in [0.15, 0.2) is 36.4 Å². The molecule has 0 bridgehead atoms. The predicted octanol–water partition coefficient (Wildman–Crippen LogP) is 3.76. The molecule has 0 saturated heterocycles. The first-order chi connectivity index (χ1) is 12.0. The van der Waals surface area contributed by atoms with Crippen molar-refractivity contribution < 1.29 is 0 Å². The fourth-order valence-electron chi connectivity index (χ4n) is 4.21. The number of fused-ring (bicyclic) bond motifs is 1. The van der Waals surface area contributed by atoms with Crippen molar-refractivity contribution in [1.82, 2.24) is 4.98 Å². The summed E-state index contributed by atoms with van der Waals surface area (Å²) in [6, 6.07) is 13.2. The zero-order valence-electron chi connectivity index (χ0n) is 15.0. The Kier molecular flexibility index (Phi) is 4.19. The third-order valence-electron chi connectivity index (χ3n) is 5.42. The number of hydrogen-bond acceptors (Lipinski definition) is 1. The molecule has 4 rings (SSSR count). The highest BCUT2D eigenvalue weighted by Gasteiger charge is 2.18. The Balaban J connectivity index is 1.94. The first kappa shape index (κ1) is 16.4. The number of rotatable bonds is 2. The normalized spacial score (nSPS) is 15.1. The predicted molar refractivity (Wildman–Crippen MR) is 109 cm³/mol. The van der Waals surface area contributed by atoms with Crippen molar-refractivity contribution in [2.24, 2.45) is 0 Å². The van der Waals surface area contributed by atoms with Crippen LogP contribution < -0.4 is 11.1 Å². The molecule has 25 heavy (non-hydrogen) atoms. The summed E-state index contributed by atoms with van der Waals surface area (Å²) in [5, 5.41) is 2.12. The molecule has 4 radical (unpaired) electrons. The lowest BCUT2D eigenvalue weighted by Crippen LogP contribution is -2.30. The smallest absolute Gasteiger partial charge is 0.140 e. The van der Waals surface area contributed by atoms with Gasteiger partial charge in [0.15, 0.2) is 0 Å². The Hall–Kier alpha value is -2.02. The van der Waals surface area contributed by atoms with E-state index in [2.05, 4.69) is 55.2 Å². The van der Waals surface area contributed by atoms with Crippen LogP contribution in [0, 0.1) is 13.8 Å². The summed E-state index contributed by atoms with van der Waals surface area (Å²) in [5.41, 5.74) is 6.88. The molecule has 1 aromatic heterocycles. The van der Waals surface area contributed by atoms with Crippen molar-refractivity contribution >= 4 is 37.5 Å². The summed E-state index contributed by atoms with van der Waals surface area (Å²) in [6.07, 6.45) is 5.20. The van der Waals surface area contributed by atoms with E-state index in [0.29, 0.717) is 17.0 Å². The van der Waals surface area contributed by atoms with E-state index in [9.17, 15) is 0 Å². The van der Waals surface area contributed by atoms with Crippen LogP contribution in [0.4, 0.5) is 0 Å². The molecular formula is C22H21B2N. The van der Waals surface area contributed by atoms with Gasteiger partial charge in [-0.2, -0.15) is 0 Å².